The molecule has 1 atom stereocenters. The Bertz CT molecular complexity index is 1560. The number of aromatic nitrogens is 1. The number of halogens is 1. The molecule has 5 rings (SSSR count). The van der Waals surface area contributed by atoms with Crippen LogP contribution in [-0.2, 0) is 16.7 Å². The van der Waals surface area contributed by atoms with Crippen LogP contribution in [0.1, 0.15) is 22.6 Å². The zero-order valence-corrected chi connectivity index (χ0v) is 20.3. The van der Waals surface area contributed by atoms with Gasteiger partial charge in [0.05, 0.1) is 17.3 Å². The van der Waals surface area contributed by atoms with Crippen molar-refractivity contribution < 1.29 is 12.6 Å². The molecule has 4 aromatic rings. The Morgan fingerprint density at radius 2 is 1.79 bits per heavy atom. The van der Waals surface area contributed by atoms with Crippen molar-refractivity contribution in [3.8, 4) is 16.9 Å². The largest absolute Gasteiger partial charge is 0.381 e. The summed E-state index contributed by atoms with van der Waals surface area (Å²) in [6.07, 6.45) is 0.958. The standard InChI is InChI=1S/C26H23ClN2O4S/c1-29-14-18-5-3-4-6-20(18)22(15-29)16-7-9-17(10-8-16)24-25(33-34(2,31)32)21-12-11-19(27)13-23(21)28-26(24)30/h3-13,22H,14-15H2,1-2H3,(H,28,30). The minimum Gasteiger partial charge on any atom is -0.381 e. The number of nitrogens with zero attached hydrogens (tertiary/aromatic N) is 1. The van der Waals surface area contributed by atoms with Gasteiger partial charge in [-0.3, -0.25) is 4.79 Å². The van der Waals surface area contributed by atoms with Crippen LogP contribution in [0.15, 0.2) is 71.5 Å². The first-order valence-corrected chi connectivity index (χ1v) is 13.0. The highest BCUT2D eigenvalue weighted by atomic mass is 35.5. The van der Waals surface area contributed by atoms with Crippen LogP contribution in [0, 0.1) is 0 Å². The highest BCUT2D eigenvalue weighted by Gasteiger charge is 2.25. The quantitative estimate of drug-likeness (QED) is 0.414. The van der Waals surface area contributed by atoms with Gasteiger partial charge in [-0.15, -0.1) is 0 Å². The van der Waals surface area contributed by atoms with Crippen LogP contribution in [-0.4, -0.2) is 38.1 Å². The van der Waals surface area contributed by atoms with E-state index in [9.17, 15) is 13.2 Å². The molecule has 0 bridgehead atoms. The number of hydrogen-bond donors (Lipinski definition) is 1. The second kappa shape index (κ2) is 8.58. The van der Waals surface area contributed by atoms with Gasteiger partial charge in [0.1, 0.15) is 0 Å². The van der Waals surface area contributed by atoms with E-state index in [0.717, 1.165) is 24.9 Å². The van der Waals surface area contributed by atoms with Crippen LogP contribution >= 0.6 is 11.6 Å². The summed E-state index contributed by atoms with van der Waals surface area (Å²) in [6, 6.07) is 20.9. The van der Waals surface area contributed by atoms with E-state index in [4.69, 9.17) is 15.8 Å². The van der Waals surface area contributed by atoms with Crippen LogP contribution in [0.3, 0.4) is 0 Å². The second-order valence-electron chi connectivity index (χ2n) is 8.71. The maximum atomic E-state index is 13.1. The van der Waals surface area contributed by atoms with Gasteiger partial charge < -0.3 is 14.1 Å². The van der Waals surface area contributed by atoms with Crippen LogP contribution < -0.4 is 9.74 Å². The van der Waals surface area contributed by atoms with Crippen LogP contribution in [0.25, 0.3) is 22.0 Å². The van der Waals surface area contributed by atoms with Gasteiger partial charge in [0, 0.05) is 29.4 Å². The number of nitrogens with one attached hydrogen (secondary N) is 1. The molecule has 3 aromatic carbocycles. The van der Waals surface area contributed by atoms with Gasteiger partial charge in [0.25, 0.3) is 5.56 Å². The molecule has 0 radical (unpaired) electrons. The van der Waals surface area contributed by atoms with E-state index in [1.165, 1.54) is 11.1 Å². The Hall–Kier alpha value is -3.13. The molecule has 34 heavy (non-hydrogen) atoms. The monoisotopic (exact) mass is 494 g/mol. The maximum Gasteiger partial charge on any atom is 0.306 e. The third-order valence-corrected chi connectivity index (χ3v) is 6.83. The minimum atomic E-state index is -3.88. The topological polar surface area (TPSA) is 79.5 Å². The zero-order valence-electron chi connectivity index (χ0n) is 18.7. The summed E-state index contributed by atoms with van der Waals surface area (Å²) in [5.41, 5.74) is 4.40. The molecule has 174 valence electrons. The molecule has 1 aliphatic heterocycles. The van der Waals surface area contributed by atoms with Gasteiger partial charge in [-0.1, -0.05) is 60.1 Å². The fourth-order valence-corrected chi connectivity index (χ4v) is 5.34. The van der Waals surface area contributed by atoms with Crippen molar-refractivity contribution >= 4 is 32.6 Å². The summed E-state index contributed by atoms with van der Waals surface area (Å²) in [4.78, 5) is 18.2. The number of aromatic amines is 1. The Balaban J connectivity index is 1.63. The lowest BCUT2D eigenvalue weighted by Crippen LogP contribution is -2.30. The van der Waals surface area contributed by atoms with Gasteiger partial charge in [0.15, 0.2) is 5.75 Å². The van der Waals surface area contributed by atoms with Crippen molar-refractivity contribution in [3.63, 3.8) is 0 Å². The van der Waals surface area contributed by atoms with Crippen LogP contribution in [0.5, 0.6) is 5.75 Å². The van der Waals surface area contributed by atoms with Crippen molar-refractivity contribution in [1.82, 2.24) is 9.88 Å². The SMILES string of the molecule is CN1Cc2ccccc2C(c2ccc(-c3c(OS(C)(=O)=O)c4ccc(Cl)cc4[nH]c3=O)cc2)C1. The lowest BCUT2D eigenvalue weighted by Gasteiger charge is -2.32. The molecule has 1 N–H and O–H groups in total. The Kier molecular flexibility index (Phi) is 5.72. The van der Waals surface area contributed by atoms with E-state index >= 15 is 0 Å². The predicted octanol–water partition coefficient (Wildman–Crippen LogP) is 4.76. The summed E-state index contributed by atoms with van der Waals surface area (Å²) < 4.78 is 29.4. The summed E-state index contributed by atoms with van der Waals surface area (Å²) in [7, 11) is -1.78. The first kappa shape index (κ1) is 22.7. The summed E-state index contributed by atoms with van der Waals surface area (Å²) in [5.74, 6) is 0.196. The smallest absolute Gasteiger partial charge is 0.306 e. The van der Waals surface area contributed by atoms with Crippen molar-refractivity contribution in [2.75, 3.05) is 19.8 Å². The third-order valence-electron chi connectivity index (χ3n) is 6.13. The molecule has 0 saturated heterocycles. The van der Waals surface area contributed by atoms with Crippen LogP contribution in [0.4, 0.5) is 0 Å². The van der Waals surface area contributed by atoms with Gasteiger partial charge in [-0.05, 0) is 47.5 Å². The van der Waals surface area contributed by atoms with Gasteiger partial charge in [-0.2, -0.15) is 8.42 Å². The average Bonchev–Trinajstić information content (AvgIpc) is 2.77. The number of benzene rings is 3. The van der Waals surface area contributed by atoms with Crippen molar-refractivity contribution in [1.29, 1.82) is 0 Å². The van der Waals surface area contributed by atoms with Crippen molar-refractivity contribution in [2.45, 2.75) is 12.5 Å². The molecule has 2 heterocycles. The molecule has 0 amide bonds. The molecule has 1 aromatic heterocycles. The highest BCUT2D eigenvalue weighted by molar-refractivity contribution is 7.86. The molecule has 6 nitrogen and oxygen atoms in total. The molecule has 0 saturated carbocycles. The van der Waals surface area contributed by atoms with E-state index in [2.05, 4.69) is 41.2 Å². The number of fused-ring (bicyclic) bond motifs is 2. The summed E-state index contributed by atoms with van der Waals surface area (Å²) >= 11 is 6.07. The molecule has 8 heteroatoms. The van der Waals surface area contributed by atoms with Gasteiger partial charge in [0.2, 0.25) is 0 Å². The van der Waals surface area contributed by atoms with E-state index in [1.807, 2.05) is 24.3 Å². The zero-order chi connectivity index (χ0) is 24.0. The molecular weight excluding hydrogens is 472 g/mol. The molecule has 1 unspecified atom stereocenters. The highest BCUT2D eigenvalue weighted by Crippen LogP contribution is 2.37. The number of pyridine rings is 1. The summed E-state index contributed by atoms with van der Waals surface area (Å²) in [5, 5.41) is 0.875. The fourth-order valence-electron chi connectivity index (χ4n) is 4.69. The molecule has 1 aliphatic rings. The van der Waals surface area contributed by atoms with Crippen molar-refractivity contribution in [3.05, 3.63) is 98.8 Å². The van der Waals surface area contributed by atoms with E-state index in [0.29, 0.717) is 21.5 Å². The first-order valence-electron chi connectivity index (χ1n) is 10.8. The normalized spacial score (nSPS) is 16.4. The maximum absolute atomic E-state index is 13.1. The van der Waals surface area contributed by atoms with Crippen molar-refractivity contribution in [2.24, 2.45) is 0 Å². The van der Waals surface area contributed by atoms with E-state index in [-0.39, 0.29) is 17.2 Å². The molecular formula is C26H23ClN2O4S. The van der Waals surface area contributed by atoms with Crippen LogP contribution in [0.2, 0.25) is 5.02 Å². The lowest BCUT2D eigenvalue weighted by atomic mass is 9.84. The lowest BCUT2D eigenvalue weighted by molar-refractivity contribution is 0.295. The number of rotatable bonds is 4. The molecule has 0 fully saturated rings. The predicted molar refractivity (Wildman–Crippen MR) is 135 cm³/mol. The van der Waals surface area contributed by atoms with E-state index in [1.54, 1.807) is 18.2 Å². The molecule has 0 spiro atoms. The third kappa shape index (κ3) is 4.34. The Morgan fingerprint density at radius 1 is 1.06 bits per heavy atom. The van der Waals surface area contributed by atoms with Gasteiger partial charge >= 0.3 is 10.1 Å². The average molecular weight is 495 g/mol. The first-order chi connectivity index (χ1) is 16.2. The molecule has 0 aliphatic carbocycles. The number of hydrogen-bond acceptors (Lipinski definition) is 5. The number of H-pyrrole nitrogens is 1. The Labute approximate surface area is 202 Å². The number of likely N-dealkylation sites (N-methyl/N-ethyl adjacent to an activating group) is 1. The second-order valence-corrected chi connectivity index (χ2v) is 10.7. The Morgan fingerprint density at radius 3 is 2.53 bits per heavy atom. The summed E-state index contributed by atoms with van der Waals surface area (Å²) in [6.45, 7) is 1.80. The van der Waals surface area contributed by atoms with Gasteiger partial charge in [-0.25, -0.2) is 0 Å². The fraction of sp³-hybridized carbons (Fsp3) is 0.192. The van der Waals surface area contributed by atoms with E-state index < -0.39 is 15.7 Å². The minimum absolute atomic E-state index is 0.00610.